The Morgan fingerprint density at radius 3 is 3.08 bits per heavy atom. The number of nitrogens with zero attached hydrogens (tertiary/aromatic N) is 1. The topological polar surface area (TPSA) is 68.0 Å². The van der Waals surface area contributed by atoms with E-state index in [2.05, 4.69) is 26.2 Å². The Kier molecular flexibility index (Phi) is 3.19. The van der Waals surface area contributed by atoms with Crippen LogP contribution < -0.4 is 11.1 Å². The molecule has 0 unspecified atom stereocenters. The highest BCUT2D eigenvalue weighted by Crippen LogP contribution is 2.17. The van der Waals surface area contributed by atoms with Gasteiger partial charge in [-0.2, -0.15) is 0 Å². The molecule has 0 radical (unpaired) electrons. The summed E-state index contributed by atoms with van der Waals surface area (Å²) in [5.41, 5.74) is 5.11. The van der Waals surface area contributed by atoms with Crippen molar-refractivity contribution in [1.29, 1.82) is 0 Å². The first-order valence-electron chi connectivity index (χ1n) is 3.34. The van der Waals surface area contributed by atoms with Gasteiger partial charge < -0.3 is 11.1 Å². The highest BCUT2D eigenvalue weighted by atomic mass is 79.9. The fourth-order valence-corrected chi connectivity index (χ4v) is 1.01. The SMILES string of the molecule is NCC(=O)Nc1ncccc1Br. The molecular weight excluding hydrogens is 222 g/mol. The van der Waals surface area contributed by atoms with E-state index in [1.807, 2.05) is 0 Å². The molecule has 1 aromatic rings. The van der Waals surface area contributed by atoms with Gasteiger partial charge in [0.15, 0.2) is 0 Å². The second-order valence-corrected chi connectivity index (χ2v) is 2.94. The number of halogens is 1. The third kappa shape index (κ3) is 2.28. The third-order valence-corrected chi connectivity index (χ3v) is 1.84. The molecular formula is C7H8BrN3O. The zero-order valence-corrected chi connectivity index (χ0v) is 7.84. The van der Waals surface area contributed by atoms with Crippen molar-refractivity contribution in [3.8, 4) is 0 Å². The number of rotatable bonds is 2. The van der Waals surface area contributed by atoms with Gasteiger partial charge in [0.2, 0.25) is 5.91 Å². The van der Waals surface area contributed by atoms with E-state index in [1.54, 1.807) is 18.3 Å². The molecule has 0 saturated carbocycles. The van der Waals surface area contributed by atoms with E-state index in [1.165, 1.54) is 0 Å². The van der Waals surface area contributed by atoms with Crippen LogP contribution >= 0.6 is 15.9 Å². The van der Waals surface area contributed by atoms with Gasteiger partial charge in [0.05, 0.1) is 11.0 Å². The zero-order valence-electron chi connectivity index (χ0n) is 6.25. The summed E-state index contributed by atoms with van der Waals surface area (Å²) in [6.45, 7) is -0.0387. The Morgan fingerprint density at radius 1 is 1.75 bits per heavy atom. The summed E-state index contributed by atoms with van der Waals surface area (Å²) in [6, 6.07) is 3.56. The zero-order chi connectivity index (χ0) is 8.97. The second-order valence-electron chi connectivity index (χ2n) is 2.09. The van der Waals surface area contributed by atoms with Gasteiger partial charge in [-0.25, -0.2) is 4.98 Å². The smallest absolute Gasteiger partial charge is 0.239 e. The molecule has 64 valence electrons. The van der Waals surface area contributed by atoms with E-state index >= 15 is 0 Å². The highest BCUT2D eigenvalue weighted by Gasteiger charge is 2.02. The van der Waals surface area contributed by atoms with Crippen LogP contribution in [-0.4, -0.2) is 17.4 Å². The van der Waals surface area contributed by atoms with Gasteiger partial charge in [-0.05, 0) is 28.1 Å². The van der Waals surface area contributed by atoms with E-state index in [0.717, 1.165) is 4.47 Å². The summed E-state index contributed by atoms with van der Waals surface area (Å²) in [7, 11) is 0. The van der Waals surface area contributed by atoms with Crippen LogP contribution in [0.2, 0.25) is 0 Å². The van der Waals surface area contributed by atoms with Crippen molar-refractivity contribution in [1.82, 2.24) is 4.98 Å². The van der Waals surface area contributed by atoms with Crippen LogP contribution in [0.25, 0.3) is 0 Å². The number of hydrogen-bond donors (Lipinski definition) is 2. The maximum atomic E-state index is 10.8. The van der Waals surface area contributed by atoms with Crippen LogP contribution in [0.4, 0.5) is 5.82 Å². The lowest BCUT2D eigenvalue weighted by atomic mass is 10.4. The summed E-state index contributed by atoms with van der Waals surface area (Å²) in [5.74, 6) is 0.238. The number of nitrogens with two attached hydrogens (primary N) is 1. The molecule has 0 aliphatic heterocycles. The summed E-state index contributed by atoms with van der Waals surface area (Å²) in [6.07, 6.45) is 1.59. The molecule has 0 aliphatic rings. The number of aromatic nitrogens is 1. The molecule has 5 heteroatoms. The van der Waals surface area contributed by atoms with Crippen LogP contribution in [0, 0.1) is 0 Å². The predicted molar refractivity (Wildman–Crippen MR) is 49.6 cm³/mol. The first-order chi connectivity index (χ1) is 5.74. The Morgan fingerprint density at radius 2 is 2.50 bits per heavy atom. The minimum absolute atomic E-state index is 0.0387. The molecule has 0 saturated heterocycles. The number of carbonyl (C=O) groups is 1. The quantitative estimate of drug-likeness (QED) is 0.787. The fourth-order valence-electron chi connectivity index (χ4n) is 0.661. The molecule has 0 bridgehead atoms. The monoisotopic (exact) mass is 229 g/mol. The summed E-state index contributed by atoms with van der Waals surface area (Å²) >= 11 is 3.24. The molecule has 1 rings (SSSR count). The van der Waals surface area contributed by atoms with Crippen molar-refractivity contribution in [2.45, 2.75) is 0 Å². The molecule has 4 nitrogen and oxygen atoms in total. The number of carbonyl (C=O) groups excluding carboxylic acids is 1. The standard InChI is InChI=1S/C7H8BrN3O/c8-5-2-1-3-10-7(5)11-6(12)4-9/h1-3H,4,9H2,(H,10,11,12). The van der Waals surface area contributed by atoms with E-state index in [4.69, 9.17) is 5.73 Å². The predicted octanol–water partition coefficient (Wildman–Crippen LogP) is 0.741. The summed E-state index contributed by atoms with van der Waals surface area (Å²) in [4.78, 5) is 14.8. The number of hydrogen-bond acceptors (Lipinski definition) is 3. The van der Waals surface area contributed by atoms with Gasteiger partial charge in [-0.15, -0.1) is 0 Å². The average Bonchev–Trinajstić information content (AvgIpc) is 2.09. The van der Waals surface area contributed by atoms with Crippen molar-refractivity contribution < 1.29 is 4.79 Å². The van der Waals surface area contributed by atoms with Gasteiger partial charge in [0.1, 0.15) is 5.82 Å². The van der Waals surface area contributed by atoms with Crippen molar-refractivity contribution in [2.24, 2.45) is 5.73 Å². The maximum absolute atomic E-state index is 10.8. The van der Waals surface area contributed by atoms with E-state index in [9.17, 15) is 4.79 Å². The lowest BCUT2D eigenvalue weighted by Crippen LogP contribution is -2.22. The summed E-state index contributed by atoms with van der Waals surface area (Å²) < 4.78 is 0.742. The summed E-state index contributed by atoms with van der Waals surface area (Å²) in [5, 5.41) is 2.54. The lowest BCUT2D eigenvalue weighted by molar-refractivity contribution is -0.114. The lowest BCUT2D eigenvalue weighted by Gasteiger charge is -2.02. The molecule has 0 atom stereocenters. The van der Waals surface area contributed by atoms with Crippen molar-refractivity contribution in [3.63, 3.8) is 0 Å². The molecule has 3 N–H and O–H groups in total. The van der Waals surface area contributed by atoms with Gasteiger partial charge in [0, 0.05) is 6.20 Å². The Hall–Kier alpha value is -0.940. The number of anilines is 1. The average molecular weight is 230 g/mol. The molecule has 0 fully saturated rings. The molecule has 1 aromatic heterocycles. The third-order valence-electron chi connectivity index (χ3n) is 1.20. The molecule has 0 spiro atoms. The first-order valence-corrected chi connectivity index (χ1v) is 4.14. The minimum atomic E-state index is -0.255. The Balaban J connectivity index is 2.75. The molecule has 1 heterocycles. The van der Waals surface area contributed by atoms with E-state index in [0.29, 0.717) is 5.82 Å². The Bertz CT molecular complexity index is 290. The molecule has 0 aliphatic carbocycles. The maximum Gasteiger partial charge on any atom is 0.239 e. The molecule has 1 amide bonds. The first kappa shape index (κ1) is 9.15. The Labute approximate surface area is 78.3 Å². The largest absolute Gasteiger partial charge is 0.322 e. The van der Waals surface area contributed by atoms with Gasteiger partial charge in [0.25, 0.3) is 0 Å². The normalized spacial score (nSPS) is 9.50. The van der Waals surface area contributed by atoms with Crippen molar-refractivity contribution in [3.05, 3.63) is 22.8 Å². The second kappa shape index (κ2) is 4.18. The minimum Gasteiger partial charge on any atom is -0.322 e. The number of amides is 1. The van der Waals surface area contributed by atoms with Gasteiger partial charge >= 0.3 is 0 Å². The van der Waals surface area contributed by atoms with Crippen molar-refractivity contribution >= 4 is 27.7 Å². The highest BCUT2D eigenvalue weighted by molar-refractivity contribution is 9.10. The van der Waals surface area contributed by atoms with Crippen LogP contribution in [0.15, 0.2) is 22.8 Å². The van der Waals surface area contributed by atoms with Crippen molar-refractivity contribution in [2.75, 3.05) is 11.9 Å². The fraction of sp³-hybridized carbons (Fsp3) is 0.143. The van der Waals surface area contributed by atoms with Crippen LogP contribution in [0.1, 0.15) is 0 Å². The van der Waals surface area contributed by atoms with Crippen LogP contribution in [-0.2, 0) is 4.79 Å². The van der Waals surface area contributed by atoms with Gasteiger partial charge in [-0.3, -0.25) is 4.79 Å². The van der Waals surface area contributed by atoms with E-state index in [-0.39, 0.29) is 12.5 Å². The van der Waals surface area contributed by atoms with Crippen LogP contribution in [0.5, 0.6) is 0 Å². The number of nitrogens with one attached hydrogen (secondary N) is 1. The van der Waals surface area contributed by atoms with Gasteiger partial charge in [-0.1, -0.05) is 0 Å². The molecule has 0 aromatic carbocycles. The number of pyridine rings is 1. The van der Waals surface area contributed by atoms with E-state index < -0.39 is 0 Å². The van der Waals surface area contributed by atoms with Crippen LogP contribution in [0.3, 0.4) is 0 Å². The molecule has 12 heavy (non-hydrogen) atoms.